The van der Waals surface area contributed by atoms with Crippen molar-refractivity contribution in [3.8, 4) is 0 Å². The average Bonchev–Trinajstić information content (AvgIpc) is 3.14. The summed E-state index contributed by atoms with van der Waals surface area (Å²) >= 11 is 7.50. The van der Waals surface area contributed by atoms with Crippen LogP contribution in [0.5, 0.6) is 0 Å². The standard InChI is InChI=1S/C20H21ClN4OS/c21-16-7-5-14(6-8-16)9-11-22-18(26)15-3-2-12-25(13-15)20-24-17-4-1-10-23-19(17)27-20/h1,4-8,10,15H,2-3,9,11-13H2,(H,22,26)/t15-/m0/s1. The van der Waals surface area contributed by atoms with Crippen LogP contribution >= 0.6 is 22.9 Å². The van der Waals surface area contributed by atoms with Crippen LogP contribution in [0.25, 0.3) is 10.3 Å². The van der Waals surface area contributed by atoms with Gasteiger partial charge in [-0.2, -0.15) is 0 Å². The van der Waals surface area contributed by atoms with Gasteiger partial charge in [-0.1, -0.05) is 35.1 Å². The minimum atomic E-state index is 0.00365. The minimum Gasteiger partial charge on any atom is -0.355 e. The zero-order chi connectivity index (χ0) is 18.6. The van der Waals surface area contributed by atoms with Gasteiger partial charge in [-0.15, -0.1) is 0 Å². The third-order valence-corrected chi connectivity index (χ3v) is 6.14. The lowest BCUT2D eigenvalue weighted by molar-refractivity contribution is -0.125. The van der Waals surface area contributed by atoms with Crippen molar-refractivity contribution in [3.63, 3.8) is 0 Å². The zero-order valence-electron chi connectivity index (χ0n) is 14.9. The molecule has 1 amide bonds. The summed E-state index contributed by atoms with van der Waals surface area (Å²) in [5.74, 6) is 0.136. The normalized spacial score (nSPS) is 17.2. The molecule has 1 aliphatic heterocycles. The fourth-order valence-electron chi connectivity index (χ4n) is 3.38. The van der Waals surface area contributed by atoms with Crippen molar-refractivity contribution in [2.24, 2.45) is 5.92 Å². The molecule has 1 fully saturated rings. The van der Waals surface area contributed by atoms with Crippen LogP contribution in [0.2, 0.25) is 5.02 Å². The first kappa shape index (κ1) is 18.2. The second-order valence-corrected chi connectivity index (χ2v) is 8.17. The maximum Gasteiger partial charge on any atom is 0.224 e. The molecule has 3 heterocycles. The van der Waals surface area contributed by atoms with E-state index in [-0.39, 0.29) is 11.8 Å². The Bertz CT molecular complexity index is 894. The number of fused-ring (bicyclic) bond motifs is 1. The number of carbonyl (C=O) groups is 1. The van der Waals surface area contributed by atoms with Crippen LogP contribution in [-0.2, 0) is 11.2 Å². The Hall–Kier alpha value is -2.18. The fourth-order valence-corrected chi connectivity index (χ4v) is 4.45. The molecular formula is C20H21ClN4OS. The average molecular weight is 401 g/mol. The van der Waals surface area contributed by atoms with Gasteiger partial charge in [0.15, 0.2) is 5.13 Å². The number of rotatable bonds is 5. The van der Waals surface area contributed by atoms with Crippen LogP contribution in [0.4, 0.5) is 5.13 Å². The predicted molar refractivity (Wildman–Crippen MR) is 111 cm³/mol. The summed E-state index contributed by atoms with van der Waals surface area (Å²) in [7, 11) is 0. The number of pyridine rings is 1. The van der Waals surface area contributed by atoms with E-state index < -0.39 is 0 Å². The fraction of sp³-hybridized carbons (Fsp3) is 0.350. The highest BCUT2D eigenvalue weighted by atomic mass is 35.5. The number of anilines is 1. The Labute approximate surface area is 167 Å². The van der Waals surface area contributed by atoms with Crippen LogP contribution < -0.4 is 10.2 Å². The van der Waals surface area contributed by atoms with Crippen molar-refractivity contribution in [2.45, 2.75) is 19.3 Å². The Morgan fingerprint density at radius 3 is 2.96 bits per heavy atom. The first-order valence-electron chi connectivity index (χ1n) is 9.18. The van der Waals surface area contributed by atoms with Gasteiger partial charge in [0.1, 0.15) is 10.3 Å². The van der Waals surface area contributed by atoms with Crippen LogP contribution in [0.3, 0.4) is 0 Å². The highest BCUT2D eigenvalue weighted by Gasteiger charge is 2.27. The number of carbonyl (C=O) groups excluding carboxylic acids is 1. The molecule has 140 valence electrons. The van der Waals surface area contributed by atoms with Gasteiger partial charge in [-0.3, -0.25) is 4.79 Å². The second-order valence-electron chi connectivity index (χ2n) is 6.78. The van der Waals surface area contributed by atoms with E-state index in [1.54, 1.807) is 17.5 Å². The number of piperidine rings is 1. The van der Waals surface area contributed by atoms with Crippen LogP contribution in [0.1, 0.15) is 18.4 Å². The molecule has 3 aromatic rings. The van der Waals surface area contributed by atoms with E-state index in [4.69, 9.17) is 11.6 Å². The molecule has 0 spiro atoms. The van der Waals surface area contributed by atoms with Crippen molar-refractivity contribution >= 4 is 44.3 Å². The van der Waals surface area contributed by atoms with E-state index in [1.807, 2.05) is 36.4 Å². The third-order valence-electron chi connectivity index (χ3n) is 4.84. The number of thiazole rings is 1. The van der Waals surface area contributed by atoms with Gasteiger partial charge in [-0.05, 0) is 49.1 Å². The van der Waals surface area contributed by atoms with Crippen molar-refractivity contribution in [1.29, 1.82) is 0 Å². The van der Waals surface area contributed by atoms with E-state index in [2.05, 4.69) is 20.2 Å². The van der Waals surface area contributed by atoms with Gasteiger partial charge in [-0.25, -0.2) is 9.97 Å². The van der Waals surface area contributed by atoms with E-state index >= 15 is 0 Å². The topological polar surface area (TPSA) is 58.1 Å². The molecule has 0 unspecified atom stereocenters. The summed E-state index contributed by atoms with van der Waals surface area (Å²) in [5.41, 5.74) is 2.10. The molecule has 0 bridgehead atoms. The lowest BCUT2D eigenvalue weighted by atomic mass is 9.97. The maximum absolute atomic E-state index is 12.6. The van der Waals surface area contributed by atoms with Crippen molar-refractivity contribution < 1.29 is 4.79 Å². The molecule has 5 nitrogen and oxygen atoms in total. The number of aromatic nitrogens is 2. The quantitative estimate of drug-likeness (QED) is 0.705. The summed E-state index contributed by atoms with van der Waals surface area (Å²) < 4.78 is 0. The molecule has 1 N–H and O–H groups in total. The third kappa shape index (κ3) is 4.39. The number of hydrogen-bond donors (Lipinski definition) is 1. The van der Waals surface area contributed by atoms with Crippen LogP contribution in [-0.4, -0.2) is 35.5 Å². The highest BCUT2D eigenvalue weighted by molar-refractivity contribution is 7.21. The number of halogens is 1. The van der Waals surface area contributed by atoms with Gasteiger partial charge in [0, 0.05) is 30.9 Å². The Kier molecular flexibility index (Phi) is 5.55. The van der Waals surface area contributed by atoms with E-state index in [9.17, 15) is 4.79 Å². The van der Waals surface area contributed by atoms with E-state index in [0.717, 1.165) is 46.3 Å². The molecule has 2 aromatic heterocycles. The molecule has 4 rings (SSSR count). The van der Waals surface area contributed by atoms with E-state index in [0.29, 0.717) is 13.1 Å². The zero-order valence-corrected chi connectivity index (χ0v) is 16.5. The van der Waals surface area contributed by atoms with Gasteiger partial charge in [0.05, 0.1) is 5.92 Å². The molecule has 7 heteroatoms. The minimum absolute atomic E-state index is 0.00365. The van der Waals surface area contributed by atoms with Gasteiger partial charge in [0.2, 0.25) is 5.91 Å². The lowest BCUT2D eigenvalue weighted by Crippen LogP contribution is -2.43. The Morgan fingerprint density at radius 2 is 2.15 bits per heavy atom. The molecule has 1 atom stereocenters. The molecule has 0 saturated carbocycles. The summed E-state index contributed by atoms with van der Waals surface area (Å²) in [4.78, 5) is 24.8. The summed E-state index contributed by atoms with van der Waals surface area (Å²) in [6.07, 6.45) is 4.52. The van der Waals surface area contributed by atoms with Crippen molar-refractivity contribution in [1.82, 2.24) is 15.3 Å². The summed E-state index contributed by atoms with van der Waals surface area (Å²) in [6, 6.07) is 11.6. The smallest absolute Gasteiger partial charge is 0.224 e. The number of nitrogens with one attached hydrogen (secondary N) is 1. The lowest BCUT2D eigenvalue weighted by Gasteiger charge is -2.31. The number of benzene rings is 1. The molecule has 1 saturated heterocycles. The first-order valence-corrected chi connectivity index (χ1v) is 10.4. The van der Waals surface area contributed by atoms with Crippen molar-refractivity contribution in [2.75, 3.05) is 24.5 Å². The number of nitrogens with zero attached hydrogens (tertiary/aromatic N) is 3. The van der Waals surface area contributed by atoms with Gasteiger partial charge >= 0.3 is 0 Å². The summed E-state index contributed by atoms with van der Waals surface area (Å²) in [5, 5.41) is 4.78. The SMILES string of the molecule is O=C(NCCc1ccc(Cl)cc1)[C@H]1CCCN(c2nc3cccnc3s2)C1. The summed E-state index contributed by atoms with van der Waals surface area (Å²) in [6.45, 7) is 2.29. The molecule has 1 aliphatic rings. The van der Waals surface area contributed by atoms with Gasteiger partial charge < -0.3 is 10.2 Å². The van der Waals surface area contributed by atoms with Crippen LogP contribution in [0, 0.1) is 5.92 Å². The largest absolute Gasteiger partial charge is 0.355 e. The highest BCUT2D eigenvalue weighted by Crippen LogP contribution is 2.30. The molecular weight excluding hydrogens is 380 g/mol. The monoisotopic (exact) mass is 400 g/mol. The predicted octanol–water partition coefficient (Wildman–Crippen LogP) is 3.92. The Balaban J connectivity index is 1.33. The number of hydrogen-bond acceptors (Lipinski definition) is 5. The van der Waals surface area contributed by atoms with E-state index in [1.165, 1.54) is 5.56 Å². The Morgan fingerprint density at radius 1 is 1.30 bits per heavy atom. The van der Waals surface area contributed by atoms with Gasteiger partial charge in [0.25, 0.3) is 0 Å². The maximum atomic E-state index is 12.6. The molecule has 0 aliphatic carbocycles. The van der Waals surface area contributed by atoms with Crippen molar-refractivity contribution in [3.05, 3.63) is 53.2 Å². The van der Waals surface area contributed by atoms with Crippen LogP contribution in [0.15, 0.2) is 42.6 Å². The second kappa shape index (κ2) is 8.23. The number of amides is 1. The first-order chi connectivity index (χ1) is 13.2. The molecule has 0 radical (unpaired) electrons. The molecule has 1 aromatic carbocycles. The molecule has 27 heavy (non-hydrogen) atoms.